The summed E-state index contributed by atoms with van der Waals surface area (Å²) in [6.45, 7) is 1.50. The molecule has 0 radical (unpaired) electrons. The summed E-state index contributed by atoms with van der Waals surface area (Å²) in [5.41, 5.74) is 1.12. The Bertz CT molecular complexity index is 984. The van der Waals surface area contributed by atoms with Crippen molar-refractivity contribution in [3.05, 3.63) is 35.9 Å². The van der Waals surface area contributed by atoms with Gasteiger partial charge in [0, 0.05) is 29.9 Å². The lowest BCUT2D eigenvalue weighted by molar-refractivity contribution is -0.141. The molecule has 2 aromatic carbocycles. The molecule has 1 atom stereocenters. The second-order valence-electron chi connectivity index (χ2n) is 5.97. The van der Waals surface area contributed by atoms with Crippen LogP contribution in [-0.4, -0.2) is 39.0 Å². The Balaban J connectivity index is 2.06. The molecule has 1 aliphatic rings. The fourth-order valence-corrected chi connectivity index (χ4v) is 4.32. The van der Waals surface area contributed by atoms with E-state index in [-0.39, 0.29) is 17.3 Å². The minimum Gasteiger partial charge on any atom is -0.481 e. The summed E-state index contributed by atoms with van der Waals surface area (Å²) in [6.07, 6.45) is 0.320. The lowest BCUT2D eigenvalue weighted by Crippen LogP contribution is -2.32. The average molecular weight is 362 g/mol. The normalized spacial score (nSPS) is 15.0. The minimum atomic E-state index is -3.91. The second-order valence-corrected chi connectivity index (χ2v) is 7.71. The molecule has 0 aliphatic carbocycles. The summed E-state index contributed by atoms with van der Waals surface area (Å²) in [5, 5.41) is 10.1. The Kier molecular flexibility index (Phi) is 4.26. The third kappa shape index (κ3) is 2.77. The molecule has 8 heteroatoms. The Labute approximate surface area is 145 Å². The van der Waals surface area contributed by atoms with Gasteiger partial charge >= 0.3 is 5.97 Å². The molecule has 2 aromatic rings. The van der Waals surface area contributed by atoms with Gasteiger partial charge in [-0.2, -0.15) is 0 Å². The van der Waals surface area contributed by atoms with E-state index in [1.165, 1.54) is 11.0 Å². The van der Waals surface area contributed by atoms with Crippen LogP contribution >= 0.6 is 0 Å². The van der Waals surface area contributed by atoms with Crippen molar-refractivity contribution in [3.8, 4) is 0 Å². The number of rotatable bonds is 6. The molecule has 3 rings (SSSR count). The topological polar surface area (TPSA) is 104 Å². The number of nitrogens with zero attached hydrogens (tertiary/aromatic N) is 1. The Hall–Kier alpha value is -2.45. The van der Waals surface area contributed by atoms with E-state index in [9.17, 15) is 18.0 Å². The molecule has 25 heavy (non-hydrogen) atoms. The number of carboxylic acids is 1. The van der Waals surface area contributed by atoms with Crippen molar-refractivity contribution in [2.45, 2.75) is 18.2 Å². The summed E-state index contributed by atoms with van der Waals surface area (Å²) in [5.74, 6) is -2.02. The van der Waals surface area contributed by atoms with Gasteiger partial charge < -0.3 is 10.0 Å². The second kappa shape index (κ2) is 6.12. The maximum atomic E-state index is 12.7. The molecule has 1 heterocycles. The number of carbonyl (C=O) groups is 2. The number of nitrogens with one attached hydrogen (secondary N) is 1. The van der Waals surface area contributed by atoms with Gasteiger partial charge in [-0.1, -0.05) is 19.1 Å². The first-order valence-electron chi connectivity index (χ1n) is 7.84. The van der Waals surface area contributed by atoms with Crippen LogP contribution in [0.1, 0.15) is 23.7 Å². The van der Waals surface area contributed by atoms with Crippen LogP contribution in [0.2, 0.25) is 0 Å². The number of carboxylic acid groups (broad SMARTS) is 1. The lowest BCUT2D eigenvalue weighted by Gasteiger charge is -2.14. The van der Waals surface area contributed by atoms with Crippen molar-refractivity contribution in [1.29, 1.82) is 0 Å². The van der Waals surface area contributed by atoms with Gasteiger partial charge in [0.2, 0.25) is 10.0 Å². The highest BCUT2D eigenvalue weighted by Crippen LogP contribution is 2.39. The molecule has 132 valence electrons. The number of carbonyl (C=O) groups excluding carboxylic acids is 1. The fraction of sp³-hybridized carbons (Fsp3) is 0.294. The largest absolute Gasteiger partial charge is 0.481 e. The first-order chi connectivity index (χ1) is 11.8. The van der Waals surface area contributed by atoms with Crippen molar-refractivity contribution >= 4 is 38.4 Å². The van der Waals surface area contributed by atoms with Crippen LogP contribution in [0.15, 0.2) is 35.2 Å². The predicted molar refractivity (Wildman–Crippen MR) is 93.3 cm³/mol. The van der Waals surface area contributed by atoms with Crippen LogP contribution in [0, 0.1) is 5.92 Å². The number of hydrogen-bond acceptors (Lipinski definition) is 4. The number of hydrogen-bond donors (Lipinski definition) is 2. The van der Waals surface area contributed by atoms with E-state index in [4.69, 9.17) is 5.11 Å². The molecule has 0 spiro atoms. The predicted octanol–water partition coefficient (Wildman–Crippen LogP) is 1.82. The standard InChI is InChI=1S/C17H18N2O5S/c1-3-10(17(21)22)9-18-25(23,24)14-8-7-13-15-11(14)5-4-6-12(15)16(20)19(13)2/h4-8,10,18H,3,9H2,1-2H3,(H,21,22). The van der Waals surface area contributed by atoms with E-state index < -0.39 is 21.9 Å². The highest BCUT2D eigenvalue weighted by molar-refractivity contribution is 7.89. The van der Waals surface area contributed by atoms with E-state index in [0.29, 0.717) is 28.4 Å². The number of anilines is 1. The van der Waals surface area contributed by atoms with Crippen LogP contribution in [-0.2, 0) is 14.8 Å². The Morgan fingerprint density at radius 2 is 2.00 bits per heavy atom. The van der Waals surface area contributed by atoms with Gasteiger partial charge in [-0.05, 0) is 24.6 Å². The van der Waals surface area contributed by atoms with Crippen molar-refractivity contribution in [3.63, 3.8) is 0 Å². The van der Waals surface area contributed by atoms with E-state index >= 15 is 0 Å². The maximum absolute atomic E-state index is 12.7. The number of benzene rings is 2. The molecule has 1 aliphatic heterocycles. The number of amides is 1. The van der Waals surface area contributed by atoms with E-state index in [2.05, 4.69) is 4.72 Å². The molecular formula is C17H18N2O5S. The molecule has 1 amide bonds. The minimum absolute atomic E-state index is 0.0384. The number of aliphatic carboxylic acids is 1. The van der Waals surface area contributed by atoms with E-state index in [1.807, 2.05) is 0 Å². The first-order valence-corrected chi connectivity index (χ1v) is 9.32. The monoisotopic (exact) mass is 362 g/mol. The van der Waals surface area contributed by atoms with Crippen LogP contribution < -0.4 is 9.62 Å². The highest BCUT2D eigenvalue weighted by atomic mass is 32.2. The third-order valence-corrected chi connectivity index (χ3v) is 6.01. The summed E-state index contributed by atoms with van der Waals surface area (Å²) in [6, 6.07) is 8.00. The van der Waals surface area contributed by atoms with Crippen molar-refractivity contribution < 1.29 is 23.1 Å². The molecule has 2 N–H and O–H groups in total. The van der Waals surface area contributed by atoms with Crippen molar-refractivity contribution in [1.82, 2.24) is 4.72 Å². The summed E-state index contributed by atoms with van der Waals surface area (Å²) < 4.78 is 27.8. The Morgan fingerprint density at radius 1 is 1.28 bits per heavy atom. The van der Waals surface area contributed by atoms with Gasteiger partial charge in [0.15, 0.2) is 0 Å². The van der Waals surface area contributed by atoms with Crippen LogP contribution in [0.4, 0.5) is 5.69 Å². The number of sulfonamides is 1. The molecule has 0 fully saturated rings. The van der Waals surface area contributed by atoms with Crippen LogP contribution in [0.25, 0.3) is 10.8 Å². The molecule has 1 unspecified atom stereocenters. The van der Waals surface area contributed by atoms with Crippen molar-refractivity contribution in [2.75, 3.05) is 18.5 Å². The summed E-state index contributed by atoms with van der Waals surface area (Å²) >= 11 is 0. The van der Waals surface area contributed by atoms with E-state index in [1.54, 1.807) is 38.2 Å². The third-order valence-electron chi connectivity index (χ3n) is 4.53. The van der Waals surface area contributed by atoms with Crippen molar-refractivity contribution in [2.24, 2.45) is 5.92 Å². The van der Waals surface area contributed by atoms with E-state index in [0.717, 1.165) is 0 Å². The summed E-state index contributed by atoms with van der Waals surface area (Å²) in [7, 11) is -2.27. The zero-order valence-corrected chi connectivity index (χ0v) is 14.6. The molecule has 0 saturated heterocycles. The molecule has 7 nitrogen and oxygen atoms in total. The molecule has 0 saturated carbocycles. The first kappa shape index (κ1) is 17.4. The van der Waals surface area contributed by atoms with Gasteiger partial charge in [-0.25, -0.2) is 13.1 Å². The quantitative estimate of drug-likeness (QED) is 0.816. The molecule has 0 bridgehead atoms. The fourth-order valence-electron chi connectivity index (χ4n) is 3.04. The Morgan fingerprint density at radius 3 is 2.64 bits per heavy atom. The SMILES string of the molecule is CCC(CNS(=O)(=O)c1ccc2c3c(cccc13)C(=O)N2C)C(=O)O. The molecule has 0 aromatic heterocycles. The zero-order valence-electron chi connectivity index (χ0n) is 13.8. The van der Waals surface area contributed by atoms with Crippen LogP contribution in [0.3, 0.4) is 0 Å². The smallest absolute Gasteiger partial charge is 0.307 e. The zero-order chi connectivity index (χ0) is 18.4. The lowest BCUT2D eigenvalue weighted by atomic mass is 10.1. The van der Waals surface area contributed by atoms with Gasteiger partial charge in [0.05, 0.1) is 16.5 Å². The van der Waals surface area contributed by atoms with Crippen LogP contribution in [0.5, 0.6) is 0 Å². The van der Waals surface area contributed by atoms with Gasteiger partial charge in [0.1, 0.15) is 0 Å². The highest BCUT2D eigenvalue weighted by Gasteiger charge is 2.30. The average Bonchev–Trinajstić information content (AvgIpc) is 2.82. The van der Waals surface area contributed by atoms with Gasteiger partial charge in [-0.3, -0.25) is 9.59 Å². The molecular weight excluding hydrogens is 344 g/mol. The van der Waals surface area contributed by atoms with Gasteiger partial charge in [0.25, 0.3) is 5.91 Å². The van der Waals surface area contributed by atoms with Gasteiger partial charge in [-0.15, -0.1) is 0 Å². The maximum Gasteiger partial charge on any atom is 0.307 e. The summed E-state index contributed by atoms with van der Waals surface area (Å²) in [4.78, 5) is 24.9.